The minimum absolute atomic E-state index is 0. The molecule has 7 N–H and O–H groups in total. The van der Waals surface area contributed by atoms with Crippen molar-refractivity contribution in [3.63, 3.8) is 0 Å². The van der Waals surface area contributed by atoms with Crippen LogP contribution in [-0.4, -0.2) is 26.3 Å². The van der Waals surface area contributed by atoms with Crippen LogP contribution in [-0.2, 0) is 4.74 Å². The molecular weight excluding hydrogens is 204 g/mol. The molecule has 0 atom stereocenters. The molecule has 0 aliphatic carbocycles. The molecule has 0 fully saturated rings. The summed E-state index contributed by atoms with van der Waals surface area (Å²) in [4.78, 5) is 10.8. The van der Waals surface area contributed by atoms with E-state index in [0.717, 1.165) is 6.04 Å². The van der Waals surface area contributed by atoms with Gasteiger partial charge in [-0.1, -0.05) is 19.6 Å². The average molecular weight is 224 g/mol. The maximum Gasteiger partial charge on any atom is 0.422 e. The van der Waals surface area contributed by atoms with E-state index < -0.39 is 14.2 Å². The topological polar surface area (TPSA) is 120 Å². The van der Waals surface area contributed by atoms with E-state index in [2.05, 4.69) is 36.1 Å². The predicted molar refractivity (Wildman–Crippen MR) is 56.7 cm³/mol. The number of amides is 1. The zero-order chi connectivity index (χ0) is 10.3. The third-order valence-corrected chi connectivity index (χ3v) is 3.03. The maximum atomic E-state index is 10.8. The standard InChI is InChI=1S/C6H18N4O2Si.H2O/c1-13(2,3)5-4-12-6(11)8-10-9-7;/h9-10H,4-5,7H2,1-3H3,(H,8,11);1H2. The van der Waals surface area contributed by atoms with Gasteiger partial charge in [0.1, 0.15) is 0 Å². The van der Waals surface area contributed by atoms with Gasteiger partial charge in [-0.25, -0.2) is 10.2 Å². The first-order valence-electron chi connectivity index (χ1n) is 4.09. The molecule has 0 saturated carbocycles. The number of carbonyl (C=O) groups excluding carboxylic acids is 1. The van der Waals surface area contributed by atoms with Gasteiger partial charge in [0.25, 0.3) is 0 Å². The van der Waals surface area contributed by atoms with Crippen LogP contribution in [0.15, 0.2) is 0 Å². The number of nitrogens with one attached hydrogen (secondary N) is 3. The second-order valence-electron chi connectivity index (χ2n) is 3.84. The van der Waals surface area contributed by atoms with Crippen molar-refractivity contribution < 1.29 is 15.0 Å². The second-order valence-corrected chi connectivity index (χ2v) is 9.46. The van der Waals surface area contributed by atoms with Gasteiger partial charge in [-0.05, 0) is 6.04 Å². The lowest BCUT2D eigenvalue weighted by atomic mass is 10.8. The van der Waals surface area contributed by atoms with E-state index in [-0.39, 0.29) is 5.48 Å². The van der Waals surface area contributed by atoms with E-state index in [1.807, 2.05) is 0 Å². The first-order valence-corrected chi connectivity index (χ1v) is 7.80. The van der Waals surface area contributed by atoms with Crippen molar-refractivity contribution in [3.8, 4) is 0 Å². The van der Waals surface area contributed by atoms with Crippen LogP contribution in [0.2, 0.25) is 25.7 Å². The molecule has 8 heteroatoms. The summed E-state index contributed by atoms with van der Waals surface area (Å²) in [6.45, 7) is 7.10. The smallest absolute Gasteiger partial charge is 0.422 e. The molecule has 0 radical (unpaired) electrons. The normalized spacial score (nSPS) is 10.3. The third-order valence-electron chi connectivity index (χ3n) is 1.32. The van der Waals surface area contributed by atoms with E-state index >= 15 is 0 Å². The highest BCUT2D eigenvalue weighted by atomic mass is 28.3. The lowest BCUT2D eigenvalue weighted by molar-refractivity contribution is 0.144. The number of hydrazine groups is 3. The molecule has 0 aromatic heterocycles. The lowest BCUT2D eigenvalue weighted by Crippen LogP contribution is -2.50. The monoisotopic (exact) mass is 224 g/mol. The van der Waals surface area contributed by atoms with Gasteiger partial charge < -0.3 is 10.2 Å². The molecule has 0 unspecified atom stereocenters. The molecule has 0 spiro atoms. The first kappa shape index (κ1) is 15.8. The highest BCUT2D eigenvalue weighted by Gasteiger charge is 2.13. The molecule has 0 heterocycles. The van der Waals surface area contributed by atoms with Gasteiger partial charge in [0.2, 0.25) is 0 Å². The lowest BCUT2D eigenvalue weighted by Gasteiger charge is -2.15. The summed E-state index contributed by atoms with van der Waals surface area (Å²) >= 11 is 0. The van der Waals surface area contributed by atoms with Crippen LogP contribution in [0.4, 0.5) is 4.79 Å². The fraction of sp³-hybridized carbons (Fsp3) is 0.833. The molecular formula is C6H20N4O3Si. The highest BCUT2D eigenvalue weighted by Crippen LogP contribution is 2.07. The Morgan fingerprint density at radius 1 is 1.43 bits per heavy atom. The summed E-state index contributed by atoms with van der Waals surface area (Å²) in [7, 11) is -1.12. The molecule has 0 aliphatic rings. The summed E-state index contributed by atoms with van der Waals surface area (Å²) in [5.74, 6) is 4.85. The van der Waals surface area contributed by atoms with Crippen LogP contribution in [0.5, 0.6) is 0 Å². The molecule has 0 bridgehead atoms. The minimum atomic E-state index is -1.12. The molecule has 1 amide bonds. The SMILES string of the molecule is C[Si](C)(C)CCOC(=O)NNNN.O. The number of rotatable bonds is 5. The Morgan fingerprint density at radius 2 is 2.00 bits per heavy atom. The molecule has 0 rings (SSSR count). The average Bonchev–Trinajstić information content (AvgIpc) is 1.98. The number of carbonyl (C=O) groups is 1. The largest absolute Gasteiger partial charge is 0.449 e. The number of hydrogen-bond acceptors (Lipinski definition) is 5. The Bertz CT molecular complexity index is 162. The van der Waals surface area contributed by atoms with Crippen LogP contribution < -0.4 is 22.3 Å². The van der Waals surface area contributed by atoms with Gasteiger partial charge in [-0.2, -0.15) is 11.1 Å². The van der Waals surface area contributed by atoms with Crippen LogP contribution in [0.25, 0.3) is 0 Å². The zero-order valence-electron chi connectivity index (χ0n) is 8.81. The van der Waals surface area contributed by atoms with Gasteiger partial charge in [0, 0.05) is 8.07 Å². The molecule has 7 nitrogen and oxygen atoms in total. The number of hydrogen-bond donors (Lipinski definition) is 4. The Balaban J connectivity index is 0. The van der Waals surface area contributed by atoms with Crippen molar-refractivity contribution >= 4 is 14.2 Å². The fourth-order valence-corrected chi connectivity index (χ4v) is 1.29. The number of ether oxygens (including phenoxy) is 1. The summed E-state index contributed by atoms with van der Waals surface area (Å²) in [5.41, 5.74) is 6.45. The summed E-state index contributed by atoms with van der Waals surface area (Å²) < 4.78 is 4.85. The molecule has 14 heavy (non-hydrogen) atoms. The number of nitrogens with two attached hydrogens (primary N) is 1. The van der Waals surface area contributed by atoms with Crippen LogP contribution in [0.3, 0.4) is 0 Å². The van der Waals surface area contributed by atoms with Gasteiger partial charge in [-0.3, -0.25) is 5.84 Å². The van der Waals surface area contributed by atoms with Gasteiger partial charge in [0.15, 0.2) is 0 Å². The minimum Gasteiger partial charge on any atom is -0.449 e. The molecule has 86 valence electrons. The van der Waals surface area contributed by atoms with Crippen LogP contribution in [0, 0.1) is 0 Å². The highest BCUT2D eigenvalue weighted by molar-refractivity contribution is 6.76. The zero-order valence-corrected chi connectivity index (χ0v) is 9.81. The summed E-state index contributed by atoms with van der Waals surface area (Å²) in [5, 5.41) is 0. The maximum absolute atomic E-state index is 10.8. The quantitative estimate of drug-likeness (QED) is 0.274. The first-order chi connectivity index (χ1) is 5.95. The van der Waals surface area contributed by atoms with Crippen molar-refractivity contribution in [1.82, 2.24) is 16.5 Å². The van der Waals surface area contributed by atoms with Gasteiger partial charge >= 0.3 is 6.09 Å². The second kappa shape index (κ2) is 7.70. The van der Waals surface area contributed by atoms with E-state index in [4.69, 9.17) is 10.6 Å². The molecule has 0 aliphatic heterocycles. The van der Waals surface area contributed by atoms with Crippen molar-refractivity contribution in [2.75, 3.05) is 6.61 Å². The Hall–Kier alpha value is -0.673. The van der Waals surface area contributed by atoms with Crippen molar-refractivity contribution in [2.24, 2.45) is 5.84 Å². The van der Waals surface area contributed by atoms with Crippen LogP contribution >= 0.6 is 0 Å². The predicted octanol–water partition coefficient (Wildman–Crippen LogP) is -0.891. The Labute approximate surface area is 84.6 Å². The fourth-order valence-electron chi connectivity index (χ4n) is 0.573. The Morgan fingerprint density at radius 3 is 2.43 bits per heavy atom. The molecule has 0 saturated heterocycles. The van der Waals surface area contributed by atoms with E-state index in [1.165, 1.54) is 0 Å². The van der Waals surface area contributed by atoms with Gasteiger partial charge in [-0.15, -0.1) is 0 Å². The van der Waals surface area contributed by atoms with Crippen molar-refractivity contribution in [2.45, 2.75) is 25.7 Å². The molecule has 0 aromatic rings. The van der Waals surface area contributed by atoms with E-state index in [0.29, 0.717) is 6.61 Å². The molecule has 0 aromatic carbocycles. The summed E-state index contributed by atoms with van der Waals surface area (Å²) in [6, 6.07) is 0.955. The van der Waals surface area contributed by atoms with E-state index in [9.17, 15) is 4.79 Å². The van der Waals surface area contributed by atoms with E-state index in [1.54, 1.807) is 0 Å². The Kier molecular flexibility index (Phi) is 8.69. The van der Waals surface area contributed by atoms with Crippen molar-refractivity contribution in [3.05, 3.63) is 0 Å². The van der Waals surface area contributed by atoms with Gasteiger partial charge in [0.05, 0.1) is 6.61 Å². The van der Waals surface area contributed by atoms with Crippen molar-refractivity contribution in [1.29, 1.82) is 0 Å². The third kappa shape index (κ3) is 11.3. The van der Waals surface area contributed by atoms with Crippen LogP contribution in [0.1, 0.15) is 0 Å². The summed E-state index contributed by atoms with van der Waals surface area (Å²) in [6.07, 6.45) is -0.531.